The largest absolute Gasteiger partial charge is 0.478 e. The minimum Gasteiger partial charge on any atom is -0.478 e. The fraction of sp³-hybridized carbons (Fsp3) is 0.615. The zero-order valence-corrected chi connectivity index (χ0v) is 10.8. The summed E-state index contributed by atoms with van der Waals surface area (Å²) in [5, 5.41) is 8.32. The number of ether oxygens (including phenoxy) is 1. The highest BCUT2D eigenvalue weighted by Gasteiger charge is 2.15. The van der Waals surface area contributed by atoms with Crippen LogP contribution in [0.3, 0.4) is 0 Å². The molecule has 0 aromatic carbocycles. The zero-order valence-electron chi connectivity index (χ0n) is 10.8. The smallest absolute Gasteiger partial charge is 0.331 e. The van der Waals surface area contributed by atoms with E-state index in [4.69, 9.17) is 9.84 Å². The van der Waals surface area contributed by atoms with Gasteiger partial charge in [-0.2, -0.15) is 0 Å². The number of carbonyl (C=O) groups excluding carboxylic acids is 2. The van der Waals surface area contributed by atoms with Gasteiger partial charge in [-0.1, -0.05) is 6.42 Å². The van der Waals surface area contributed by atoms with Gasteiger partial charge in [-0.25, -0.2) is 9.59 Å². The van der Waals surface area contributed by atoms with E-state index in [1.807, 2.05) is 0 Å². The normalized spacial score (nSPS) is 16.4. The molecule has 6 nitrogen and oxygen atoms in total. The lowest BCUT2D eigenvalue weighted by atomic mass is 10.2. The van der Waals surface area contributed by atoms with E-state index in [-0.39, 0.29) is 12.5 Å². The Labute approximate surface area is 112 Å². The van der Waals surface area contributed by atoms with Gasteiger partial charge in [0.25, 0.3) is 0 Å². The van der Waals surface area contributed by atoms with Crippen molar-refractivity contribution in [3.63, 3.8) is 0 Å². The number of esters is 1. The van der Waals surface area contributed by atoms with Crippen molar-refractivity contribution < 1.29 is 24.2 Å². The second-order valence-corrected chi connectivity index (χ2v) is 4.38. The van der Waals surface area contributed by atoms with Crippen molar-refractivity contribution >= 4 is 17.8 Å². The number of likely N-dealkylation sites (tertiary alicyclic amines) is 1. The Morgan fingerprint density at radius 2 is 2.05 bits per heavy atom. The monoisotopic (exact) mass is 269 g/mol. The molecule has 1 saturated heterocycles. The first-order chi connectivity index (χ1) is 9.09. The van der Waals surface area contributed by atoms with Crippen molar-refractivity contribution in [3.05, 3.63) is 12.2 Å². The molecule has 1 rings (SSSR count). The number of aliphatic carboxylic acids is 1. The average Bonchev–Trinajstić information content (AvgIpc) is 2.57. The van der Waals surface area contributed by atoms with E-state index in [0.717, 1.165) is 38.0 Å². The van der Waals surface area contributed by atoms with Gasteiger partial charge in [0.05, 0.1) is 6.61 Å². The highest BCUT2D eigenvalue weighted by molar-refractivity contribution is 5.90. The second-order valence-electron chi connectivity index (χ2n) is 4.38. The fourth-order valence-corrected chi connectivity index (χ4v) is 1.89. The van der Waals surface area contributed by atoms with Crippen LogP contribution in [0.2, 0.25) is 0 Å². The fourth-order valence-electron chi connectivity index (χ4n) is 1.89. The minimum atomic E-state index is -1.19. The zero-order chi connectivity index (χ0) is 14.1. The summed E-state index contributed by atoms with van der Waals surface area (Å²) in [6.45, 7) is 1.53. The Balaban J connectivity index is 2.17. The Bertz CT molecular complexity index is 364. The van der Waals surface area contributed by atoms with Crippen LogP contribution in [0.4, 0.5) is 0 Å². The van der Waals surface area contributed by atoms with Crippen molar-refractivity contribution in [1.29, 1.82) is 0 Å². The quantitative estimate of drug-likeness (QED) is 0.441. The molecule has 1 aliphatic rings. The first-order valence-electron chi connectivity index (χ1n) is 6.45. The van der Waals surface area contributed by atoms with Crippen LogP contribution < -0.4 is 0 Å². The molecule has 0 spiro atoms. The molecule has 0 radical (unpaired) electrons. The van der Waals surface area contributed by atoms with Gasteiger partial charge < -0.3 is 14.7 Å². The summed E-state index contributed by atoms with van der Waals surface area (Å²) in [4.78, 5) is 34.7. The van der Waals surface area contributed by atoms with Gasteiger partial charge in [-0.3, -0.25) is 4.79 Å². The number of carboxylic acids is 1. The van der Waals surface area contributed by atoms with Crippen LogP contribution in [0.5, 0.6) is 0 Å². The average molecular weight is 269 g/mol. The number of amides is 1. The number of rotatable bonds is 6. The summed E-state index contributed by atoms with van der Waals surface area (Å²) in [6, 6.07) is 0. The van der Waals surface area contributed by atoms with E-state index in [2.05, 4.69) is 0 Å². The molecule has 19 heavy (non-hydrogen) atoms. The highest BCUT2D eigenvalue weighted by atomic mass is 16.5. The van der Waals surface area contributed by atoms with Crippen LogP contribution in [0.1, 0.15) is 32.1 Å². The van der Waals surface area contributed by atoms with Gasteiger partial charge >= 0.3 is 11.9 Å². The predicted molar refractivity (Wildman–Crippen MR) is 67.4 cm³/mol. The van der Waals surface area contributed by atoms with Gasteiger partial charge in [0.1, 0.15) is 0 Å². The topological polar surface area (TPSA) is 83.9 Å². The number of hydrogen-bond donors (Lipinski definition) is 1. The van der Waals surface area contributed by atoms with Crippen LogP contribution in [0, 0.1) is 0 Å². The third kappa shape index (κ3) is 6.59. The van der Waals surface area contributed by atoms with Crippen molar-refractivity contribution in [2.45, 2.75) is 32.1 Å². The molecule has 0 unspecified atom stereocenters. The molecule has 1 aliphatic heterocycles. The van der Waals surface area contributed by atoms with E-state index in [0.29, 0.717) is 19.4 Å². The number of carboxylic acid groups (broad SMARTS) is 1. The van der Waals surface area contributed by atoms with Crippen LogP contribution in [-0.2, 0) is 19.1 Å². The Morgan fingerprint density at radius 3 is 2.79 bits per heavy atom. The summed E-state index contributed by atoms with van der Waals surface area (Å²) >= 11 is 0. The lowest BCUT2D eigenvalue weighted by molar-refractivity contribution is -0.139. The van der Waals surface area contributed by atoms with Gasteiger partial charge in [-0.15, -0.1) is 0 Å². The maximum atomic E-state index is 11.7. The van der Waals surface area contributed by atoms with Gasteiger partial charge in [0, 0.05) is 31.7 Å². The van der Waals surface area contributed by atoms with E-state index in [9.17, 15) is 14.4 Å². The Kier molecular flexibility index (Phi) is 6.63. The predicted octanol–water partition coefficient (Wildman–Crippen LogP) is 0.963. The van der Waals surface area contributed by atoms with E-state index in [1.165, 1.54) is 0 Å². The molecule has 0 saturated carbocycles. The number of hydrogen-bond acceptors (Lipinski definition) is 4. The standard InChI is InChI=1S/C13H19NO5/c15-11-5-2-1-3-8-14(11)9-4-10-19-13(18)7-6-12(16)17/h6-7H,1-5,8-10H2,(H,16,17). The lowest BCUT2D eigenvalue weighted by Crippen LogP contribution is -2.31. The van der Waals surface area contributed by atoms with Gasteiger partial charge in [-0.05, 0) is 19.3 Å². The molecular weight excluding hydrogens is 250 g/mol. The SMILES string of the molecule is O=C(O)C=CC(=O)OCCCN1CCCCCC1=O. The van der Waals surface area contributed by atoms with Gasteiger partial charge in [0.15, 0.2) is 0 Å². The number of carbonyl (C=O) groups is 3. The van der Waals surface area contributed by atoms with E-state index >= 15 is 0 Å². The van der Waals surface area contributed by atoms with Crippen LogP contribution >= 0.6 is 0 Å². The Morgan fingerprint density at radius 1 is 1.26 bits per heavy atom. The van der Waals surface area contributed by atoms with Crippen LogP contribution in [-0.4, -0.2) is 47.5 Å². The third-order valence-electron chi connectivity index (χ3n) is 2.85. The molecule has 0 aromatic rings. The van der Waals surface area contributed by atoms with Crippen molar-refractivity contribution in [2.24, 2.45) is 0 Å². The van der Waals surface area contributed by atoms with Crippen LogP contribution in [0.15, 0.2) is 12.2 Å². The highest BCUT2D eigenvalue weighted by Crippen LogP contribution is 2.11. The third-order valence-corrected chi connectivity index (χ3v) is 2.85. The summed E-state index contributed by atoms with van der Waals surface area (Å²) in [5.41, 5.74) is 0. The molecule has 0 aliphatic carbocycles. The maximum Gasteiger partial charge on any atom is 0.331 e. The molecule has 1 fully saturated rings. The molecular formula is C13H19NO5. The maximum absolute atomic E-state index is 11.7. The summed E-state index contributed by atoms with van der Waals surface area (Å²) in [5.74, 6) is -1.70. The first kappa shape index (κ1) is 15.2. The molecule has 6 heteroatoms. The van der Waals surface area contributed by atoms with Crippen LogP contribution in [0.25, 0.3) is 0 Å². The molecule has 1 N–H and O–H groups in total. The molecule has 0 atom stereocenters. The first-order valence-corrected chi connectivity index (χ1v) is 6.45. The Hall–Kier alpha value is -1.85. The summed E-state index contributed by atoms with van der Waals surface area (Å²) in [7, 11) is 0. The summed E-state index contributed by atoms with van der Waals surface area (Å²) < 4.78 is 4.82. The van der Waals surface area contributed by atoms with E-state index < -0.39 is 11.9 Å². The lowest BCUT2D eigenvalue weighted by Gasteiger charge is -2.20. The van der Waals surface area contributed by atoms with Crippen molar-refractivity contribution in [3.8, 4) is 0 Å². The number of nitrogens with zero attached hydrogens (tertiary/aromatic N) is 1. The van der Waals surface area contributed by atoms with Crippen molar-refractivity contribution in [1.82, 2.24) is 4.90 Å². The second kappa shape index (κ2) is 8.29. The molecule has 0 aromatic heterocycles. The van der Waals surface area contributed by atoms with E-state index in [1.54, 1.807) is 4.90 Å². The molecule has 106 valence electrons. The minimum absolute atomic E-state index is 0.162. The van der Waals surface area contributed by atoms with Gasteiger partial charge in [0.2, 0.25) is 5.91 Å². The molecule has 1 heterocycles. The van der Waals surface area contributed by atoms with Crippen molar-refractivity contribution in [2.75, 3.05) is 19.7 Å². The summed E-state index contributed by atoms with van der Waals surface area (Å²) in [6.07, 6.45) is 5.83. The molecule has 1 amide bonds. The molecule has 0 bridgehead atoms.